The Hall–Kier alpha value is -1.49. The molecular weight excluding hydrogens is 610 g/mol. The average molecular weight is 626 g/mol. The number of urea groups is 1. The van der Waals surface area contributed by atoms with E-state index in [-0.39, 0.29) is 17.4 Å². The van der Waals surface area contributed by atoms with Crippen molar-refractivity contribution in [2.75, 3.05) is 23.1 Å². The normalized spacial score (nSPS) is 17.1. The molecule has 158 valence electrons. The van der Waals surface area contributed by atoms with Crippen LogP contribution in [0.4, 0.5) is 20.6 Å². The minimum Gasteiger partial charge on any atom is -0.361 e. The summed E-state index contributed by atoms with van der Waals surface area (Å²) in [7, 11) is 1.31. The molecular formula is C19H15Br3ClFN4O2. The van der Waals surface area contributed by atoms with E-state index in [2.05, 4.69) is 58.1 Å². The SMILES string of the molecule is CN1C(=O)C(=NC(Nc2ccccc2Br)C(Br)(Br)CCl)N(c2ccccc2F)C1=O. The van der Waals surface area contributed by atoms with Gasteiger partial charge in [-0.05, 0) is 40.2 Å². The number of imide groups is 1. The van der Waals surface area contributed by atoms with Crippen LogP contribution >= 0.6 is 59.4 Å². The number of carbonyl (C=O) groups excluding carboxylic acids is 2. The third kappa shape index (κ3) is 4.56. The van der Waals surface area contributed by atoms with Gasteiger partial charge in [-0.15, -0.1) is 11.6 Å². The Bertz CT molecular complexity index is 1020. The maximum absolute atomic E-state index is 14.4. The number of amides is 3. The molecule has 0 aromatic heterocycles. The fourth-order valence-electron chi connectivity index (χ4n) is 2.69. The van der Waals surface area contributed by atoms with E-state index in [9.17, 15) is 14.0 Å². The number of hydrogen-bond donors (Lipinski definition) is 1. The molecule has 1 atom stereocenters. The van der Waals surface area contributed by atoms with E-state index >= 15 is 0 Å². The predicted octanol–water partition coefficient (Wildman–Crippen LogP) is 5.55. The Kier molecular flexibility index (Phi) is 7.21. The summed E-state index contributed by atoms with van der Waals surface area (Å²) >= 11 is 16.5. The van der Waals surface area contributed by atoms with Gasteiger partial charge in [-0.25, -0.2) is 19.1 Å². The van der Waals surface area contributed by atoms with Crippen molar-refractivity contribution in [1.29, 1.82) is 0 Å². The average Bonchev–Trinajstić information content (AvgIpc) is 2.93. The van der Waals surface area contributed by atoms with Crippen LogP contribution in [0.2, 0.25) is 0 Å². The van der Waals surface area contributed by atoms with Gasteiger partial charge in [0.2, 0.25) is 5.84 Å². The zero-order valence-electron chi connectivity index (χ0n) is 15.5. The van der Waals surface area contributed by atoms with Gasteiger partial charge < -0.3 is 5.32 Å². The molecule has 30 heavy (non-hydrogen) atoms. The van der Waals surface area contributed by atoms with Gasteiger partial charge in [0.05, 0.1) is 17.3 Å². The fraction of sp³-hybridized carbons (Fsp3) is 0.211. The highest BCUT2D eigenvalue weighted by molar-refractivity contribution is 9.25. The molecule has 0 saturated carbocycles. The first kappa shape index (κ1) is 23.2. The highest BCUT2D eigenvalue weighted by atomic mass is 79.9. The van der Waals surface area contributed by atoms with Crippen molar-refractivity contribution in [2.45, 2.75) is 9.40 Å². The number of anilines is 2. The van der Waals surface area contributed by atoms with Crippen LogP contribution in [-0.4, -0.2) is 45.0 Å². The van der Waals surface area contributed by atoms with Crippen LogP contribution in [0.3, 0.4) is 0 Å². The second-order valence-corrected chi connectivity index (χ2v) is 11.3. The molecule has 1 N–H and O–H groups in total. The zero-order chi connectivity index (χ0) is 22.1. The molecule has 0 spiro atoms. The molecule has 2 aromatic rings. The summed E-state index contributed by atoms with van der Waals surface area (Å²) in [6.45, 7) is 0. The summed E-state index contributed by atoms with van der Waals surface area (Å²) in [4.78, 5) is 31.8. The first-order chi connectivity index (χ1) is 14.2. The van der Waals surface area contributed by atoms with Crippen LogP contribution in [0.15, 0.2) is 58.0 Å². The van der Waals surface area contributed by atoms with Crippen LogP contribution < -0.4 is 10.2 Å². The molecule has 1 aliphatic rings. The van der Waals surface area contributed by atoms with E-state index < -0.39 is 27.2 Å². The highest BCUT2D eigenvalue weighted by Gasteiger charge is 2.44. The van der Waals surface area contributed by atoms with Crippen LogP contribution in [0.1, 0.15) is 0 Å². The smallest absolute Gasteiger partial charge is 0.337 e. The number of likely N-dealkylation sites (N-methyl/N-ethyl adjacent to an activating group) is 1. The summed E-state index contributed by atoms with van der Waals surface area (Å²) in [5.41, 5.74) is 0.613. The quantitative estimate of drug-likeness (QED) is 0.339. The number of para-hydroxylation sites is 2. The summed E-state index contributed by atoms with van der Waals surface area (Å²) in [6, 6.07) is 12.3. The molecule has 1 aliphatic heterocycles. The summed E-state index contributed by atoms with van der Waals surface area (Å²) in [5, 5.41) is 3.19. The maximum atomic E-state index is 14.4. The van der Waals surface area contributed by atoms with Crippen LogP contribution in [0.25, 0.3) is 0 Å². The van der Waals surface area contributed by atoms with Crippen molar-refractivity contribution < 1.29 is 14.0 Å². The monoisotopic (exact) mass is 622 g/mol. The number of benzene rings is 2. The number of nitrogens with one attached hydrogen (secondary N) is 1. The van der Waals surface area contributed by atoms with Crippen LogP contribution in [-0.2, 0) is 4.79 Å². The van der Waals surface area contributed by atoms with E-state index in [4.69, 9.17) is 11.6 Å². The number of hydrogen-bond acceptors (Lipinski definition) is 4. The summed E-state index contributed by atoms with van der Waals surface area (Å²) in [5.74, 6) is -1.49. The van der Waals surface area contributed by atoms with E-state index in [0.29, 0.717) is 5.69 Å². The van der Waals surface area contributed by atoms with Crippen molar-refractivity contribution >= 4 is 88.5 Å². The topological polar surface area (TPSA) is 65.0 Å². The number of halogens is 5. The van der Waals surface area contributed by atoms with Crippen molar-refractivity contribution in [1.82, 2.24) is 4.90 Å². The van der Waals surface area contributed by atoms with E-state index in [1.54, 1.807) is 6.07 Å². The predicted molar refractivity (Wildman–Crippen MR) is 127 cm³/mol. The van der Waals surface area contributed by atoms with Crippen LogP contribution in [0, 0.1) is 5.82 Å². The van der Waals surface area contributed by atoms with E-state index in [0.717, 1.165) is 14.3 Å². The zero-order valence-corrected chi connectivity index (χ0v) is 21.0. The Labute approximate surface area is 202 Å². The maximum Gasteiger partial charge on any atom is 0.337 e. The molecule has 11 heteroatoms. The molecule has 3 amide bonds. The van der Waals surface area contributed by atoms with Crippen molar-refractivity contribution in [3.05, 3.63) is 58.8 Å². The molecule has 0 aliphatic carbocycles. The lowest BCUT2D eigenvalue weighted by Crippen LogP contribution is -2.41. The van der Waals surface area contributed by atoms with E-state index in [1.165, 1.54) is 25.2 Å². The second kappa shape index (κ2) is 9.33. The lowest BCUT2D eigenvalue weighted by atomic mass is 10.2. The van der Waals surface area contributed by atoms with Gasteiger partial charge in [-0.1, -0.05) is 56.1 Å². The lowest BCUT2D eigenvalue weighted by Gasteiger charge is -2.29. The molecule has 1 unspecified atom stereocenters. The molecule has 0 radical (unpaired) electrons. The number of aliphatic imine (C=N–C) groups is 1. The van der Waals surface area contributed by atoms with Gasteiger partial charge in [0.15, 0.2) is 0 Å². The molecule has 1 heterocycles. The third-order valence-electron chi connectivity index (χ3n) is 4.27. The number of amidine groups is 1. The molecule has 6 nitrogen and oxygen atoms in total. The lowest BCUT2D eigenvalue weighted by molar-refractivity contribution is -0.119. The van der Waals surface area contributed by atoms with Crippen molar-refractivity contribution in [2.24, 2.45) is 4.99 Å². The highest BCUT2D eigenvalue weighted by Crippen LogP contribution is 2.36. The minimum atomic E-state index is -0.977. The number of carbonyl (C=O) groups is 2. The van der Waals surface area contributed by atoms with Gasteiger partial charge in [-0.2, -0.15) is 0 Å². The first-order valence-electron chi connectivity index (χ1n) is 8.56. The Morgan fingerprint density at radius 1 is 1.17 bits per heavy atom. The molecule has 1 saturated heterocycles. The van der Waals surface area contributed by atoms with Gasteiger partial charge in [0.25, 0.3) is 5.91 Å². The second-order valence-electron chi connectivity index (χ2n) is 6.31. The largest absolute Gasteiger partial charge is 0.361 e. The van der Waals surface area contributed by atoms with Gasteiger partial charge in [0, 0.05) is 11.5 Å². The van der Waals surface area contributed by atoms with Gasteiger partial charge in [-0.3, -0.25) is 9.69 Å². The molecule has 1 fully saturated rings. The molecule has 3 rings (SSSR count). The standard InChI is InChI=1S/C19H15Br3ClFN4O2/c1-27-16(29)15(28(18(27)30)14-9-5-3-7-12(14)24)26-17(19(21,22)10-23)25-13-8-4-2-6-11(13)20/h2-9,17,25H,10H2,1H3. The molecule has 0 bridgehead atoms. The number of rotatable bonds is 6. The first-order valence-corrected chi connectivity index (χ1v) is 11.5. The van der Waals surface area contributed by atoms with Crippen molar-refractivity contribution in [3.63, 3.8) is 0 Å². The summed E-state index contributed by atoms with van der Waals surface area (Å²) < 4.78 is 14.2. The van der Waals surface area contributed by atoms with Crippen molar-refractivity contribution in [3.8, 4) is 0 Å². The minimum absolute atomic E-state index is 0.0591. The summed E-state index contributed by atoms with van der Waals surface area (Å²) in [6.07, 6.45) is -0.846. The van der Waals surface area contributed by atoms with E-state index in [1.807, 2.05) is 24.3 Å². The Balaban J connectivity index is 2.11. The fourth-order valence-corrected chi connectivity index (χ4v) is 3.67. The Morgan fingerprint density at radius 2 is 1.80 bits per heavy atom. The van der Waals surface area contributed by atoms with Gasteiger partial charge in [0.1, 0.15) is 15.2 Å². The molecule has 2 aromatic carbocycles. The van der Waals surface area contributed by atoms with Gasteiger partial charge >= 0.3 is 6.03 Å². The third-order valence-corrected chi connectivity index (χ3v) is 7.46. The number of alkyl halides is 3. The van der Waals surface area contributed by atoms with Crippen LogP contribution in [0.5, 0.6) is 0 Å². The number of nitrogens with zero attached hydrogens (tertiary/aromatic N) is 3. The Morgan fingerprint density at radius 3 is 2.43 bits per heavy atom.